The normalized spacial score (nSPS) is 33.9. The van der Waals surface area contributed by atoms with E-state index in [1.54, 1.807) is 0 Å². The van der Waals surface area contributed by atoms with Crippen LogP contribution in [0.2, 0.25) is 0 Å². The van der Waals surface area contributed by atoms with Gasteiger partial charge in [-0.1, -0.05) is 18.2 Å². The molecule has 0 aliphatic carbocycles. The van der Waals surface area contributed by atoms with E-state index in [-0.39, 0.29) is 23.8 Å². The summed E-state index contributed by atoms with van der Waals surface area (Å²) in [7, 11) is 0. The van der Waals surface area contributed by atoms with E-state index < -0.39 is 22.9 Å². The number of rotatable bonds is 0. The Morgan fingerprint density at radius 1 is 1.16 bits per heavy atom. The fraction of sp³-hybridized carbons (Fsp3) is 0.526. The minimum absolute atomic E-state index is 0.133. The molecule has 25 heavy (non-hydrogen) atoms. The molecule has 1 aromatic rings. The topological polar surface area (TPSA) is 83.1 Å². The molecule has 6 heteroatoms. The number of fused-ring (bicyclic) bond motifs is 4. The minimum Gasteiger partial charge on any atom is -0.326 e. The molecule has 1 spiro atoms. The molecule has 0 bridgehead atoms. The fourth-order valence-electron chi connectivity index (χ4n) is 4.97. The van der Waals surface area contributed by atoms with Crippen molar-refractivity contribution in [1.29, 1.82) is 0 Å². The molecule has 0 aromatic heterocycles. The lowest BCUT2D eigenvalue weighted by Gasteiger charge is -2.33. The Labute approximate surface area is 147 Å². The van der Waals surface area contributed by atoms with E-state index in [0.717, 1.165) is 16.8 Å². The maximum atomic E-state index is 13.3. The molecular formula is C19H24N3O3+. The second-order valence-electron chi connectivity index (χ2n) is 8.53. The van der Waals surface area contributed by atoms with Gasteiger partial charge in [-0.25, -0.2) is 0 Å². The zero-order valence-electron chi connectivity index (χ0n) is 15.2. The lowest BCUT2D eigenvalue weighted by molar-refractivity contribution is -0.730. The number of amides is 3. The summed E-state index contributed by atoms with van der Waals surface area (Å²) in [6.45, 7) is 9.45. The van der Waals surface area contributed by atoms with Gasteiger partial charge in [0.05, 0.1) is 11.7 Å². The SMILES string of the molecule is Cc1cccc2c1NC(=O)[C@]21[NH2+][C@H](C)[C@H]2C(=O)N(C(C)(C)C)C(=O)[C@H]21. The average molecular weight is 342 g/mol. The molecule has 1 aromatic carbocycles. The fourth-order valence-corrected chi connectivity index (χ4v) is 4.97. The highest BCUT2D eigenvalue weighted by atomic mass is 16.2. The van der Waals surface area contributed by atoms with E-state index in [1.807, 2.05) is 58.1 Å². The summed E-state index contributed by atoms with van der Waals surface area (Å²) in [5.74, 6) is -1.70. The molecule has 4 rings (SSSR count). The van der Waals surface area contributed by atoms with Gasteiger partial charge in [0.2, 0.25) is 17.4 Å². The highest BCUT2D eigenvalue weighted by Gasteiger charge is 2.74. The Morgan fingerprint density at radius 2 is 1.84 bits per heavy atom. The van der Waals surface area contributed by atoms with Gasteiger partial charge >= 0.3 is 0 Å². The summed E-state index contributed by atoms with van der Waals surface area (Å²) >= 11 is 0. The molecule has 0 radical (unpaired) electrons. The molecule has 2 fully saturated rings. The lowest BCUT2D eigenvalue weighted by atomic mass is 9.76. The number of nitrogens with one attached hydrogen (secondary N) is 1. The molecular weight excluding hydrogens is 318 g/mol. The molecule has 3 aliphatic heterocycles. The van der Waals surface area contributed by atoms with Crippen molar-refractivity contribution in [2.75, 3.05) is 5.32 Å². The van der Waals surface area contributed by atoms with E-state index in [4.69, 9.17) is 0 Å². The Kier molecular flexibility index (Phi) is 3.06. The number of quaternary nitrogens is 1. The van der Waals surface area contributed by atoms with Gasteiger partial charge in [-0.05, 0) is 40.2 Å². The number of aryl methyl sites for hydroxylation is 1. The largest absolute Gasteiger partial charge is 0.326 e. The highest BCUT2D eigenvalue weighted by Crippen LogP contribution is 2.50. The van der Waals surface area contributed by atoms with Gasteiger partial charge in [0, 0.05) is 11.1 Å². The number of anilines is 1. The second kappa shape index (κ2) is 4.69. The number of para-hydroxylation sites is 1. The molecule has 3 amide bonds. The summed E-state index contributed by atoms with van der Waals surface area (Å²) < 4.78 is 0. The van der Waals surface area contributed by atoms with Crippen LogP contribution in [0.4, 0.5) is 5.69 Å². The number of hydrogen-bond donors (Lipinski definition) is 2. The number of likely N-dealkylation sites (tertiary alicyclic amines) is 1. The van der Waals surface area contributed by atoms with Crippen molar-refractivity contribution in [3.05, 3.63) is 29.3 Å². The molecule has 6 nitrogen and oxygen atoms in total. The van der Waals surface area contributed by atoms with Crippen molar-refractivity contribution in [3.8, 4) is 0 Å². The van der Waals surface area contributed by atoms with Crippen LogP contribution in [0.15, 0.2) is 18.2 Å². The predicted molar refractivity (Wildman–Crippen MR) is 91.5 cm³/mol. The minimum atomic E-state index is -1.04. The summed E-state index contributed by atoms with van der Waals surface area (Å²) in [6, 6.07) is 5.62. The van der Waals surface area contributed by atoms with Crippen LogP contribution < -0.4 is 10.6 Å². The molecule has 3 heterocycles. The molecule has 3 N–H and O–H groups in total. The quantitative estimate of drug-likeness (QED) is 0.674. The summed E-state index contributed by atoms with van der Waals surface area (Å²) in [5, 5.41) is 4.90. The average Bonchev–Trinajstić information content (AvgIpc) is 3.05. The van der Waals surface area contributed by atoms with Crippen LogP contribution in [-0.2, 0) is 19.9 Å². The first kappa shape index (κ1) is 16.3. The van der Waals surface area contributed by atoms with Crippen molar-refractivity contribution in [3.63, 3.8) is 0 Å². The maximum absolute atomic E-state index is 13.3. The standard InChI is InChI=1S/C19H23N3O3/c1-9-7-6-8-11-14(9)20-17(25)19(11)13-12(10(2)21-19)15(23)22(16(13)24)18(3,4)5/h6-8,10,12-13,21H,1-5H3,(H,20,25)/p+1/t10-,12-,13+,19+/m1/s1. The Balaban J connectivity index is 1.93. The number of hydrogen-bond acceptors (Lipinski definition) is 3. The number of nitrogens with two attached hydrogens (primary N) is 1. The molecule has 132 valence electrons. The number of benzene rings is 1. The third-order valence-electron chi connectivity index (χ3n) is 5.94. The van der Waals surface area contributed by atoms with Gasteiger partial charge in [0.1, 0.15) is 11.8 Å². The maximum Gasteiger partial charge on any atom is 0.291 e. The third-order valence-corrected chi connectivity index (χ3v) is 5.94. The summed E-state index contributed by atoms with van der Waals surface area (Å²) in [4.78, 5) is 40.8. The van der Waals surface area contributed by atoms with Crippen molar-refractivity contribution in [2.45, 2.75) is 51.7 Å². The lowest BCUT2D eigenvalue weighted by Crippen LogP contribution is -2.98. The molecule has 4 atom stereocenters. The van der Waals surface area contributed by atoms with Gasteiger partial charge in [-0.3, -0.25) is 19.3 Å². The van der Waals surface area contributed by atoms with Crippen LogP contribution in [0, 0.1) is 18.8 Å². The Hall–Kier alpha value is -2.21. The van der Waals surface area contributed by atoms with Gasteiger partial charge in [-0.15, -0.1) is 0 Å². The summed E-state index contributed by atoms with van der Waals surface area (Å²) in [5.41, 5.74) is 0.943. The van der Waals surface area contributed by atoms with Crippen molar-refractivity contribution >= 4 is 23.4 Å². The molecule has 0 unspecified atom stereocenters. The summed E-state index contributed by atoms with van der Waals surface area (Å²) in [6.07, 6.45) is 0. The van der Waals surface area contributed by atoms with E-state index in [0.29, 0.717) is 0 Å². The first-order valence-corrected chi connectivity index (χ1v) is 8.76. The highest BCUT2D eigenvalue weighted by molar-refractivity contribution is 6.14. The zero-order chi connectivity index (χ0) is 18.3. The van der Waals surface area contributed by atoms with Crippen molar-refractivity contribution < 1.29 is 19.7 Å². The Morgan fingerprint density at radius 3 is 2.48 bits per heavy atom. The number of imide groups is 1. The molecule has 0 saturated carbocycles. The number of carbonyl (C=O) groups excluding carboxylic acids is 3. The number of nitrogens with zero attached hydrogens (tertiary/aromatic N) is 1. The number of carbonyl (C=O) groups is 3. The monoisotopic (exact) mass is 342 g/mol. The van der Waals surface area contributed by atoms with Crippen LogP contribution in [0.5, 0.6) is 0 Å². The van der Waals surface area contributed by atoms with Crippen LogP contribution in [0.3, 0.4) is 0 Å². The third kappa shape index (κ3) is 1.80. The van der Waals surface area contributed by atoms with E-state index in [9.17, 15) is 14.4 Å². The Bertz CT molecular complexity index is 826. The van der Waals surface area contributed by atoms with Crippen LogP contribution in [0.25, 0.3) is 0 Å². The van der Waals surface area contributed by atoms with E-state index in [2.05, 4.69) is 5.32 Å². The van der Waals surface area contributed by atoms with Crippen molar-refractivity contribution in [2.24, 2.45) is 11.8 Å². The molecule has 2 saturated heterocycles. The van der Waals surface area contributed by atoms with Gasteiger partial charge < -0.3 is 10.6 Å². The first-order valence-electron chi connectivity index (χ1n) is 8.76. The second-order valence-corrected chi connectivity index (χ2v) is 8.53. The van der Waals surface area contributed by atoms with Gasteiger partial charge in [-0.2, -0.15) is 0 Å². The van der Waals surface area contributed by atoms with Crippen LogP contribution in [-0.4, -0.2) is 34.2 Å². The zero-order valence-corrected chi connectivity index (χ0v) is 15.2. The predicted octanol–water partition coefficient (Wildman–Crippen LogP) is 0.508. The first-order chi connectivity index (χ1) is 11.6. The van der Waals surface area contributed by atoms with Crippen molar-refractivity contribution in [1.82, 2.24) is 4.90 Å². The van der Waals surface area contributed by atoms with Crippen LogP contribution in [0.1, 0.15) is 38.8 Å². The van der Waals surface area contributed by atoms with Gasteiger partial charge in [0.25, 0.3) is 5.91 Å². The van der Waals surface area contributed by atoms with E-state index in [1.165, 1.54) is 4.90 Å². The van der Waals surface area contributed by atoms with Crippen LogP contribution >= 0.6 is 0 Å². The van der Waals surface area contributed by atoms with Gasteiger partial charge in [0.15, 0.2) is 0 Å². The molecule has 3 aliphatic rings. The van der Waals surface area contributed by atoms with E-state index >= 15 is 0 Å². The smallest absolute Gasteiger partial charge is 0.291 e.